The molecule has 3 aromatic heterocycles. The van der Waals surface area contributed by atoms with E-state index in [-0.39, 0.29) is 5.41 Å². The molecule has 0 amide bonds. The van der Waals surface area contributed by atoms with Crippen molar-refractivity contribution in [1.82, 2.24) is 14.5 Å². The van der Waals surface area contributed by atoms with Gasteiger partial charge in [-0.3, -0.25) is 0 Å². The molecule has 11 rings (SSSR count). The molecule has 0 unspecified atom stereocenters. The molecule has 0 spiro atoms. The molecule has 0 saturated carbocycles. The summed E-state index contributed by atoms with van der Waals surface area (Å²) < 4.78 is 8.79. The fourth-order valence-corrected chi connectivity index (χ4v) is 8.54. The minimum Gasteiger partial charge on any atom is -0.452 e. The smallest absolute Gasteiger partial charge is 0.180 e. The molecule has 1 aliphatic carbocycles. The van der Waals surface area contributed by atoms with Crippen LogP contribution in [0.4, 0.5) is 0 Å². The van der Waals surface area contributed by atoms with E-state index in [1.54, 1.807) is 0 Å². The fraction of sp³-hybridized carbons (Fsp3) is 0.0638. The molecule has 7 aromatic carbocycles. The van der Waals surface area contributed by atoms with Gasteiger partial charge in [0.1, 0.15) is 16.8 Å². The number of para-hydroxylation sites is 2. The van der Waals surface area contributed by atoms with Crippen LogP contribution in [0.25, 0.3) is 94.1 Å². The van der Waals surface area contributed by atoms with Crippen LogP contribution in [0.5, 0.6) is 0 Å². The second-order valence-electron chi connectivity index (χ2n) is 14.2. The Balaban J connectivity index is 1.15. The summed E-state index contributed by atoms with van der Waals surface area (Å²) in [5.74, 6) is 0.667. The molecular formula is C47H31N3O. The standard InChI is InChI=1S/C47H31N3O/c1-47(2)37-24-23-28-13-6-7-18-32(28)42(37)36-26-35-33-19-8-10-21-39(33)50(40(35)27-38(36)47)31-17-12-16-30(25-31)46-48-43(29-14-4-3-5-15-29)45-44(49-46)34-20-9-11-22-41(34)51-45/h3-27H,1-2H3. The normalized spacial score (nSPS) is 13.5. The van der Waals surface area contributed by atoms with E-state index in [2.05, 4.69) is 134 Å². The number of rotatable bonds is 3. The van der Waals surface area contributed by atoms with Gasteiger partial charge >= 0.3 is 0 Å². The molecule has 4 heteroatoms. The van der Waals surface area contributed by atoms with E-state index in [9.17, 15) is 0 Å². The maximum Gasteiger partial charge on any atom is 0.180 e. The van der Waals surface area contributed by atoms with Crippen molar-refractivity contribution in [3.8, 4) is 39.5 Å². The third-order valence-electron chi connectivity index (χ3n) is 11.0. The molecule has 0 radical (unpaired) electrons. The van der Waals surface area contributed by atoms with Crippen LogP contribution in [0.2, 0.25) is 0 Å². The van der Waals surface area contributed by atoms with Crippen molar-refractivity contribution in [3.63, 3.8) is 0 Å². The van der Waals surface area contributed by atoms with E-state index in [1.807, 2.05) is 36.4 Å². The van der Waals surface area contributed by atoms with Crippen LogP contribution in [0, 0.1) is 0 Å². The van der Waals surface area contributed by atoms with Gasteiger partial charge in [-0.2, -0.15) is 0 Å². The van der Waals surface area contributed by atoms with E-state index >= 15 is 0 Å². The molecule has 51 heavy (non-hydrogen) atoms. The molecule has 0 fully saturated rings. The summed E-state index contributed by atoms with van der Waals surface area (Å²) >= 11 is 0. The first-order valence-corrected chi connectivity index (χ1v) is 17.5. The molecule has 4 nitrogen and oxygen atoms in total. The van der Waals surface area contributed by atoms with Crippen molar-refractivity contribution in [2.24, 2.45) is 0 Å². The van der Waals surface area contributed by atoms with Crippen molar-refractivity contribution in [3.05, 3.63) is 163 Å². The average Bonchev–Trinajstić information content (AvgIpc) is 3.79. The Morgan fingerprint density at radius 2 is 1.29 bits per heavy atom. The monoisotopic (exact) mass is 653 g/mol. The topological polar surface area (TPSA) is 43.9 Å². The van der Waals surface area contributed by atoms with E-state index in [1.165, 1.54) is 54.8 Å². The molecule has 240 valence electrons. The van der Waals surface area contributed by atoms with Crippen LogP contribution in [0.3, 0.4) is 0 Å². The second-order valence-corrected chi connectivity index (χ2v) is 14.2. The van der Waals surface area contributed by atoms with Crippen molar-refractivity contribution in [1.29, 1.82) is 0 Å². The highest BCUT2D eigenvalue weighted by Crippen LogP contribution is 2.53. The van der Waals surface area contributed by atoms with Gasteiger partial charge in [-0.25, -0.2) is 9.97 Å². The lowest BCUT2D eigenvalue weighted by Gasteiger charge is -2.22. The minimum atomic E-state index is -0.142. The molecule has 3 heterocycles. The quantitative estimate of drug-likeness (QED) is 0.191. The van der Waals surface area contributed by atoms with Crippen LogP contribution in [-0.4, -0.2) is 14.5 Å². The SMILES string of the molecule is CC1(C)c2cc3c(cc2-c2c1ccc1ccccc21)c1ccccc1n3-c1cccc(-c2nc(-c3ccccc3)c3oc4ccccc4c3n2)c1. The second kappa shape index (κ2) is 10.3. The van der Waals surface area contributed by atoms with Crippen LogP contribution in [0.1, 0.15) is 25.0 Å². The van der Waals surface area contributed by atoms with E-state index in [4.69, 9.17) is 14.4 Å². The highest BCUT2D eigenvalue weighted by Gasteiger charge is 2.37. The highest BCUT2D eigenvalue weighted by atomic mass is 16.3. The number of benzene rings is 7. The molecule has 1 aliphatic rings. The first-order valence-electron chi connectivity index (χ1n) is 17.5. The Labute approximate surface area is 294 Å². The molecule has 0 N–H and O–H groups in total. The van der Waals surface area contributed by atoms with Crippen LogP contribution < -0.4 is 0 Å². The average molecular weight is 654 g/mol. The van der Waals surface area contributed by atoms with Crippen LogP contribution >= 0.6 is 0 Å². The van der Waals surface area contributed by atoms with Gasteiger partial charge in [0, 0.05) is 38.4 Å². The first-order chi connectivity index (χ1) is 25.0. The lowest BCUT2D eigenvalue weighted by molar-refractivity contribution is 0.661. The fourth-order valence-electron chi connectivity index (χ4n) is 8.54. The Kier molecular flexibility index (Phi) is 5.70. The van der Waals surface area contributed by atoms with Gasteiger partial charge in [0.05, 0.1) is 11.0 Å². The van der Waals surface area contributed by atoms with E-state index in [0.717, 1.165) is 39.0 Å². The van der Waals surface area contributed by atoms with Gasteiger partial charge in [0.15, 0.2) is 11.4 Å². The van der Waals surface area contributed by atoms with E-state index < -0.39 is 0 Å². The number of aromatic nitrogens is 3. The Morgan fingerprint density at radius 1 is 0.549 bits per heavy atom. The van der Waals surface area contributed by atoms with Gasteiger partial charge in [0.2, 0.25) is 0 Å². The lowest BCUT2D eigenvalue weighted by atomic mass is 9.82. The van der Waals surface area contributed by atoms with Crippen LogP contribution in [0.15, 0.2) is 156 Å². The third-order valence-corrected chi connectivity index (χ3v) is 11.0. The zero-order valence-corrected chi connectivity index (χ0v) is 28.2. The highest BCUT2D eigenvalue weighted by molar-refractivity contribution is 6.13. The largest absolute Gasteiger partial charge is 0.452 e. The number of fused-ring (bicyclic) bond motifs is 11. The Bertz CT molecular complexity index is 3060. The molecule has 0 saturated heterocycles. The Morgan fingerprint density at radius 3 is 2.18 bits per heavy atom. The summed E-state index contributed by atoms with van der Waals surface area (Å²) in [5, 5.41) is 6.06. The number of hydrogen-bond acceptors (Lipinski definition) is 3. The number of furan rings is 1. The van der Waals surface area contributed by atoms with Gasteiger partial charge in [-0.15, -0.1) is 0 Å². The summed E-state index contributed by atoms with van der Waals surface area (Å²) in [6, 6.07) is 54.0. The number of nitrogens with zero attached hydrogens (tertiary/aromatic N) is 3. The van der Waals surface area contributed by atoms with Gasteiger partial charge in [-0.05, 0) is 75.5 Å². The van der Waals surface area contributed by atoms with Crippen molar-refractivity contribution >= 4 is 54.6 Å². The van der Waals surface area contributed by atoms with E-state index in [0.29, 0.717) is 11.4 Å². The minimum absolute atomic E-state index is 0.142. The van der Waals surface area contributed by atoms with Gasteiger partial charge < -0.3 is 8.98 Å². The summed E-state index contributed by atoms with van der Waals surface area (Å²) in [7, 11) is 0. The van der Waals surface area contributed by atoms with Crippen molar-refractivity contribution < 1.29 is 4.42 Å². The maximum absolute atomic E-state index is 6.38. The van der Waals surface area contributed by atoms with Gasteiger partial charge in [-0.1, -0.05) is 123 Å². The summed E-state index contributed by atoms with van der Waals surface area (Å²) in [5.41, 5.74) is 13.8. The van der Waals surface area contributed by atoms with Gasteiger partial charge in [0.25, 0.3) is 0 Å². The van der Waals surface area contributed by atoms with Crippen molar-refractivity contribution in [2.75, 3.05) is 0 Å². The third kappa shape index (κ3) is 3.96. The summed E-state index contributed by atoms with van der Waals surface area (Å²) in [4.78, 5) is 10.4. The molecule has 0 bridgehead atoms. The lowest BCUT2D eigenvalue weighted by Crippen LogP contribution is -2.15. The maximum atomic E-state index is 6.38. The predicted octanol–water partition coefficient (Wildman–Crippen LogP) is 12.3. The Hall–Kier alpha value is -6.52. The molecule has 10 aromatic rings. The van der Waals surface area contributed by atoms with Crippen LogP contribution in [-0.2, 0) is 5.41 Å². The molecule has 0 atom stereocenters. The van der Waals surface area contributed by atoms with Crippen molar-refractivity contribution in [2.45, 2.75) is 19.3 Å². The predicted molar refractivity (Wildman–Crippen MR) is 210 cm³/mol. The number of hydrogen-bond donors (Lipinski definition) is 0. The zero-order valence-electron chi connectivity index (χ0n) is 28.2. The molecule has 0 aliphatic heterocycles. The summed E-state index contributed by atoms with van der Waals surface area (Å²) in [6.45, 7) is 4.73. The first kappa shape index (κ1) is 28.3. The zero-order chi connectivity index (χ0) is 33.8. The summed E-state index contributed by atoms with van der Waals surface area (Å²) in [6.07, 6.45) is 0. The molecular weight excluding hydrogens is 623 g/mol.